The van der Waals surface area contributed by atoms with Crippen LogP contribution in [0, 0.1) is 12.3 Å². The predicted molar refractivity (Wildman–Crippen MR) is 56.4 cm³/mol. The van der Waals surface area contributed by atoms with Crippen LogP contribution < -0.4 is 0 Å². The number of amides is 1. The van der Waals surface area contributed by atoms with Crippen molar-refractivity contribution in [2.75, 3.05) is 19.8 Å². The zero-order valence-corrected chi connectivity index (χ0v) is 9.45. The van der Waals surface area contributed by atoms with Gasteiger partial charge in [-0.05, 0) is 20.8 Å². The van der Waals surface area contributed by atoms with Crippen molar-refractivity contribution in [1.82, 2.24) is 4.90 Å². The zero-order valence-electron chi connectivity index (χ0n) is 9.45. The molecule has 1 heterocycles. The van der Waals surface area contributed by atoms with Crippen molar-refractivity contribution >= 4 is 6.09 Å². The quantitative estimate of drug-likeness (QED) is 0.645. The van der Waals surface area contributed by atoms with Gasteiger partial charge in [0.25, 0.3) is 0 Å². The average molecular weight is 211 g/mol. The molecule has 1 amide bonds. The minimum absolute atomic E-state index is 0.0656. The summed E-state index contributed by atoms with van der Waals surface area (Å²) in [5.41, 5.74) is -0.492. The van der Waals surface area contributed by atoms with E-state index in [2.05, 4.69) is 5.92 Å². The summed E-state index contributed by atoms with van der Waals surface area (Å²) in [6.07, 6.45) is 4.84. The Hall–Kier alpha value is -1.21. The van der Waals surface area contributed by atoms with Gasteiger partial charge in [0.05, 0.1) is 25.8 Å². The summed E-state index contributed by atoms with van der Waals surface area (Å²) >= 11 is 0. The van der Waals surface area contributed by atoms with Crippen LogP contribution in [0.3, 0.4) is 0 Å². The van der Waals surface area contributed by atoms with E-state index in [1.807, 2.05) is 20.8 Å². The molecule has 1 rings (SSSR count). The molecule has 0 N–H and O–H groups in total. The first-order valence-electron chi connectivity index (χ1n) is 4.95. The fourth-order valence-corrected chi connectivity index (χ4v) is 1.16. The average Bonchev–Trinajstić information content (AvgIpc) is 1.96. The van der Waals surface area contributed by atoms with Crippen molar-refractivity contribution < 1.29 is 14.3 Å². The summed E-state index contributed by atoms with van der Waals surface area (Å²) < 4.78 is 10.3. The maximum absolute atomic E-state index is 11.7. The van der Waals surface area contributed by atoms with E-state index in [4.69, 9.17) is 15.9 Å². The van der Waals surface area contributed by atoms with E-state index >= 15 is 0 Å². The first-order chi connectivity index (χ1) is 6.94. The van der Waals surface area contributed by atoms with Crippen molar-refractivity contribution in [2.24, 2.45) is 0 Å². The minimum Gasteiger partial charge on any atom is -0.444 e. The number of rotatable bonds is 2. The molecule has 4 nitrogen and oxygen atoms in total. The normalized spacial score (nSPS) is 16.4. The fraction of sp³-hybridized carbons (Fsp3) is 0.727. The van der Waals surface area contributed by atoms with Crippen LogP contribution in [-0.2, 0) is 9.47 Å². The molecule has 0 saturated carbocycles. The molecule has 0 aromatic heterocycles. The van der Waals surface area contributed by atoms with Gasteiger partial charge >= 0.3 is 6.09 Å². The lowest BCUT2D eigenvalue weighted by Gasteiger charge is -2.36. The van der Waals surface area contributed by atoms with Crippen LogP contribution in [0.15, 0.2) is 0 Å². The lowest BCUT2D eigenvalue weighted by atomic mass is 10.2. The summed E-state index contributed by atoms with van der Waals surface area (Å²) in [6, 6.07) is 0.0656. The number of ether oxygens (including phenoxy) is 2. The fourth-order valence-electron chi connectivity index (χ4n) is 1.16. The van der Waals surface area contributed by atoms with Gasteiger partial charge in [0.15, 0.2) is 0 Å². The summed E-state index contributed by atoms with van der Waals surface area (Å²) in [5.74, 6) is 2.45. The highest BCUT2D eigenvalue weighted by molar-refractivity contribution is 5.69. The van der Waals surface area contributed by atoms with Crippen LogP contribution in [0.2, 0.25) is 0 Å². The van der Waals surface area contributed by atoms with Gasteiger partial charge in [-0.3, -0.25) is 4.90 Å². The van der Waals surface area contributed by atoms with Crippen molar-refractivity contribution in [3.05, 3.63) is 0 Å². The van der Waals surface area contributed by atoms with E-state index in [-0.39, 0.29) is 18.7 Å². The Bertz CT molecular complexity index is 271. The van der Waals surface area contributed by atoms with E-state index < -0.39 is 5.60 Å². The number of carbonyl (C=O) groups is 1. The molecule has 1 fully saturated rings. The molecule has 0 atom stereocenters. The molecule has 1 aliphatic rings. The summed E-state index contributed by atoms with van der Waals surface area (Å²) in [6.45, 7) is 6.84. The van der Waals surface area contributed by atoms with E-state index in [1.54, 1.807) is 0 Å². The molecule has 0 spiro atoms. The second kappa shape index (κ2) is 4.54. The van der Waals surface area contributed by atoms with Crippen molar-refractivity contribution in [2.45, 2.75) is 32.4 Å². The molecule has 1 aliphatic heterocycles. The van der Waals surface area contributed by atoms with Gasteiger partial charge in [0.2, 0.25) is 0 Å². The third kappa shape index (κ3) is 3.45. The van der Waals surface area contributed by atoms with E-state index in [0.29, 0.717) is 13.2 Å². The Kier molecular flexibility index (Phi) is 3.59. The largest absolute Gasteiger partial charge is 0.444 e. The molecular weight excluding hydrogens is 194 g/mol. The Labute approximate surface area is 90.5 Å². The smallest absolute Gasteiger partial charge is 0.411 e. The van der Waals surface area contributed by atoms with Gasteiger partial charge in [-0.2, -0.15) is 0 Å². The van der Waals surface area contributed by atoms with Crippen LogP contribution in [0.1, 0.15) is 20.8 Å². The van der Waals surface area contributed by atoms with Crippen LogP contribution >= 0.6 is 0 Å². The molecule has 0 unspecified atom stereocenters. The summed E-state index contributed by atoms with van der Waals surface area (Å²) in [4.78, 5) is 13.3. The lowest BCUT2D eigenvalue weighted by molar-refractivity contribution is -0.0665. The van der Waals surface area contributed by atoms with E-state index in [0.717, 1.165) is 0 Å². The highest BCUT2D eigenvalue weighted by atomic mass is 16.6. The van der Waals surface area contributed by atoms with Crippen molar-refractivity contribution in [3.63, 3.8) is 0 Å². The van der Waals surface area contributed by atoms with Gasteiger partial charge in [-0.15, -0.1) is 6.42 Å². The van der Waals surface area contributed by atoms with Crippen LogP contribution in [0.4, 0.5) is 4.79 Å². The van der Waals surface area contributed by atoms with E-state index in [1.165, 1.54) is 4.90 Å². The second-order valence-corrected chi connectivity index (χ2v) is 4.50. The lowest BCUT2D eigenvalue weighted by Crippen LogP contribution is -2.53. The Morgan fingerprint density at radius 2 is 2.20 bits per heavy atom. The number of hydrogen-bond acceptors (Lipinski definition) is 3. The Balaban J connectivity index is 2.55. The Morgan fingerprint density at radius 3 is 2.53 bits per heavy atom. The van der Waals surface area contributed by atoms with Crippen LogP contribution in [-0.4, -0.2) is 42.4 Å². The van der Waals surface area contributed by atoms with E-state index in [9.17, 15) is 4.79 Å². The van der Waals surface area contributed by atoms with Gasteiger partial charge in [0, 0.05) is 0 Å². The third-order valence-electron chi connectivity index (χ3n) is 1.95. The second-order valence-electron chi connectivity index (χ2n) is 4.50. The molecule has 4 heteroatoms. The summed E-state index contributed by atoms with van der Waals surface area (Å²) in [5, 5.41) is 0. The number of nitrogens with zero attached hydrogens (tertiary/aromatic N) is 1. The molecule has 0 bridgehead atoms. The molecule has 84 valence electrons. The maximum Gasteiger partial charge on any atom is 0.411 e. The number of carbonyl (C=O) groups excluding carboxylic acids is 1. The maximum atomic E-state index is 11.7. The van der Waals surface area contributed by atoms with Crippen molar-refractivity contribution in [1.29, 1.82) is 0 Å². The van der Waals surface area contributed by atoms with Crippen molar-refractivity contribution in [3.8, 4) is 12.3 Å². The van der Waals surface area contributed by atoms with Gasteiger partial charge in [0.1, 0.15) is 5.60 Å². The van der Waals surface area contributed by atoms with Crippen LogP contribution in [0.5, 0.6) is 0 Å². The van der Waals surface area contributed by atoms with Gasteiger partial charge < -0.3 is 9.47 Å². The van der Waals surface area contributed by atoms with Gasteiger partial charge in [-0.25, -0.2) is 4.79 Å². The molecule has 1 saturated heterocycles. The first-order valence-corrected chi connectivity index (χ1v) is 4.95. The molecule has 0 radical (unpaired) electrons. The first kappa shape index (κ1) is 11.9. The molecule has 0 aromatic carbocycles. The molecule has 0 aromatic rings. The molecule has 0 aliphatic carbocycles. The third-order valence-corrected chi connectivity index (χ3v) is 1.95. The minimum atomic E-state index is -0.492. The molecule has 15 heavy (non-hydrogen) atoms. The standard InChI is InChI=1S/C11H17NO3/c1-5-6-12(9-7-14-8-9)10(13)15-11(2,3)4/h1,9H,6-8H2,2-4H3. The van der Waals surface area contributed by atoms with Crippen LogP contribution in [0.25, 0.3) is 0 Å². The predicted octanol–water partition coefficient (Wildman–Crippen LogP) is 1.26. The zero-order chi connectivity index (χ0) is 11.5. The Morgan fingerprint density at radius 1 is 1.60 bits per heavy atom. The topological polar surface area (TPSA) is 38.8 Å². The monoisotopic (exact) mass is 211 g/mol. The number of hydrogen-bond donors (Lipinski definition) is 0. The SMILES string of the molecule is C#CCN(C(=O)OC(C)(C)C)C1COC1. The number of terminal acetylenes is 1. The highest BCUT2D eigenvalue weighted by Gasteiger charge is 2.32. The molecular formula is C11H17NO3. The highest BCUT2D eigenvalue weighted by Crippen LogP contribution is 2.15. The van der Waals surface area contributed by atoms with Gasteiger partial charge in [-0.1, -0.05) is 5.92 Å². The summed E-state index contributed by atoms with van der Waals surface area (Å²) in [7, 11) is 0.